The van der Waals surface area contributed by atoms with Crippen molar-refractivity contribution in [2.24, 2.45) is 0 Å². The molecule has 0 radical (unpaired) electrons. The van der Waals surface area contributed by atoms with E-state index in [1.807, 2.05) is 25.1 Å². The van der Waals surface area contributed by atoms with Crippen LogP contribution in [0.1, 0.15) is 25.1 Å². The Morgan fingerprint density at radius 3 is 2.65 bits per heavy atom. The standard InChI is InChI=1S/C13H12N4/c1-2-10(9-14)13-16-8-5-12(17-13)11-3-6-15-7-4-11/h3-8,10H,2H2,1H3. The summed E-state index contributed by atoms with van der Waals surface area (Å²) in [6.07, 6.45) is 5.85. The minimum Gasteiger partial charge on any atom is -0.265 e. The van der Waals surface area contributed by atoms with Crippen molar-refractivity contribution >= 4 is 0 Å². The topological polar surface area (TPSA) is 62.5 Å². The van der Waals surface area contributed by atoms with Gasteiger partial charge in [-0.15, -0.1) is 0 Å². The van der Waals surface area contributed by atoms with Crippen LogP contribution in [0.15, 0.2) is 36.8 Å². The van der Waals surface area contributed by atoms with Gasteiger partial charge in [0.15, 0.2) is 0 Å². The third-order valence-electron chi connectivity index (χ3n) is 2.53. The molecule has 0 bridgehead atoms. The molecule has 2 heterocycles. The minimum atomic E-state index is -0.239. The van der Waals surface area contributed by atoms with Crippen LogP contribution in [0.2, 0.25) is 0 Å². The maximum atomic E-state index is 9.00. The van der Waals surface area contributed by atoms with Gasteiger partial charge in [-0.25, -0.2) is 9.97 Å². The molecule has 4 heteroatoms. The first-order valence-corrected chi connectivity index (χ1v) is 5.48. The molecule has 1 unspecified atom stereocenters. The number of aromatic nitrogens is 3. The summed E-state index contributed by atoms with van der Waals surface area (Å²) in [5.74, 6) is 0.348. The summed E-state index contributed by atoms with van der Waals surface area (Å²) in [5, 5.41) is 9.00. The fourth-order valence-corrected chi connectivity index (χ4v) is 1.56. The Morgan fingerprint density at radius 1 is 1.24 bits per heavy atom. The van der Waals surface area contributed by atoms with Crippen LogP contribution in [0, 0.1) is 11.3 Å². The SMILES string of the molecule is CCC(C#N)c1nccc(-c2ccncc2)n1. The summed E-state index contributed by atoms with van der Waals surface area (Å²) in [7, 11) is 0. The van der Waals surface area contributed by atoms with Gasteiger partial charge in [0, 0.05) is 24.2 Å². The molecule has 2 aromatic rings. The monoisotopic (exact) mass is 224 g/mol. The molecule has 4 nitrogen and oxygen atoms in total. The van der Waals surface area contributed by atoms with Crippen molar-refractivity contribution in [1.29, 1.82) is 5.26 Å². The molecule has 0 N–H and O–H groups in total. The van der Waals surface area contributed by atoms with Crippen molar-refractivity contribution in [1.82, 2.24) is 15.0 Å². The molecule has 2 rings (SSSR count). The molecule has 0 aliphatic rings. The van der Waals surface area contributed by atoms with E-state index in [0.29, 0.717) is 5.82 Å². The number of nitriles is 1. The van der Waals surface area contributed by atoms with Crippen LogP contribution in [0.4, 0.5) is 0 Å². The van der Waals surface area contributed by atoms with Gasteiger partial charge in [-0.2, -0.15) is 5.26 Å². The molecule has 0 saturated carbocycles. The molecule has 2 aromatic heterocycles. The summed E-state index contributed by atoms with van der Waals surface area (Å²) in [5.41, 5.74) is 1.81. The number of rotatable bonds is 3. The molecule has 0 aliphatic heterocycles. The second-order valence-corrected chi connectivity index (χ2v) is 3.63. The molecule has 0 aromatic carbocycles. The highest BCUT2D eigenvalue weighted by Gasteiger charge is 2.12. The van der Waals surface area contributed by atoms with Gasteiger partial charge in [-0.05, 0) is 24.6 Å². The summed E-state index contributed by atoms with van der Waals surface area (Å²) in [4.78, 5) is 12.5. The van der Waals surface area contributed by atoms with E-state index in [9.17, 15) is 0 Å². The zero-order chi connectivity index (χ0) is 12.1. The van der Waals surface area contributed by atoms with E-state index in [2.05, 4.69) is 21.0 Å². The highest BCUT2D eigenvalue weighted by atomic mass is 14.9. The fourth-order valence-electron chi connectivity index (χ4n) is 1.56. The van der Waals surface area contributed by atoms with E-state index >= 15 is 0 Å². The van der Waals surface area contributed by atoms with Crippen LogP contribution in [0.5, 0.6) is 0 Å². The minimum absolute atomic E-state index is 0.239. The van der Waals surface area contributed by atoms with Crippen molar-refractivity contribution in [3.05, 3.63) is 42.6 Å². The zero-order valence-electron chi connectivity index (χ0n) is 9.54. The van der Waals surface area contributed by atoms with Crippen molar-refractivity contribution in [3.63, 3.8) is 0 Å². The molecule has 0 fully saturated rings. The second kappa shape index (κ2) is 5.17. The molecule has 0 saturated heterocycles. The lowest BCUT2D eigenvalue weighted by molar-refractivity contribution is 0.752. The van der Waals surface area contributed by atoms with Crippen molar-refractivity contribution < 1.29 is 0 Å². The Kier molecular flexibility index (Phi) is 3.41. The molecular weight excluding hydrogens is 212 g/mol. The molecule has 1 atom stereocenters. The third-order valence-corrected chi connectivity index (χ3v) is 2.53. The van der Waals surface area contributed by atoms with E-state index in [-0.39, 0.29) is 5.92 Å². The highest BCUT2D eigenvalue weighted by molar-refractivity contribution is 5.57. The average molecular weight is 224 g/mol. The fraction of sp³-hybridized carbons (Fsp3) is 0.231. The van der Waals surface area contributed by atoms with Gasteiger partial charge >= 0.3 is 0 Å². The van der Waals surface area contributed by atoms with E-state index in [1.165, 1.54) is 0 Å². The maximum absolute atomic E-state index is 9.00. The van der Waals surface area contributed by atoms with Crippen molar-refractivity contribution in [3.8, 4) is 17.3 Å². The largest absolute Gasteiger partial charge is 0.265 e. The second-order valence-electron chi connectivity index (χ2n) is 3.63. The third kappa shape index (κ3) is 2.45. The van der Waals surface area contributed by atoms with E-state index < -0.39 is 0 Å². The Morgan fingerprint density at radius 2 is 2.00 bits per heavy atom. The highest BCUT2D eigenvalue weighted by Crippen LogP contribution is 2.19. The molecule has 84 valence electrons. The van der Waals surface area contributed by atoms with Crippen LogP contribution in [-0.4, -0.2) is 15.0 Å². The smallest absolute Gasteiger partial charge is 0.146 e. The van der Waals surface area contributed by atoms with Gasteiger partial charge in [0.05, 0.1) is 11.8 Å². The molecule has 0 aliphatic carbocycles. The van der Waals surface area contributed by atoms with Gasteiger partial charge in [0.1, 0.15) is 11.7 Å². The van der Waals surface area contributed by atoms with Crippen LogP contribution in [-0.2, 0) is 0 Å². The predicted molar refractivity (Wildman–Crippen MR) is 63.9 cm³/mol. The van der Waals surface area contributed by atoms with Gasteiger partial charge < -0.3 is 0 Å². The number of hydrogen-bond acceptors (Lipinski definition) is 4. The first-order valence-electron chi connectivity index (χ1n) is 5.48. The summed E-state index contributed by atoms with van der Waals surface area (Å²) in [6, 6.07) is 7.82. The summed E-state index contributed by atoms with van der Waals surface area (Å²) in [6.45, 7) is 1.95. The zero-order valence-corrected chi connectivity index (χ0v) is 9.54. The lowest BCUT2D eigenvalue weighted by Crippen LogP contribution is -2.01. The molecule has 17 heavy (non-hydrogen) atoms. The van der Waals surface area contributed by atoms with E-state index in [0.717, 1.165) is 17.7 Å². The lowest BCUT2D eigenvalue weighted by atomic mass is 10.1. The Hall–Kier alpha value is -2.28. The van der Waals surface area contributed by atoms with Crippen LogP contribution in [0.3, 0.4) is 0 Å². The van der Waals surface area contributed by atoms with E-state index in [1.54, 1.807) is 18.6 Å². The van der Waals surface area contributed by atoms with Gasteiger partial charge in [0.25, 0.3) is 0 Å². The van der Waals surface area contributed by atoms with Gasteiger partial charge in [-0.3, -0.25) is 4.98 Å². The van der Waals surface area contributed by atoms with Crippen molar-refractivity contribution in [2.75, 3.05) is 0 Å². The number of nitrogens with zero attached hydrogens (tertiary/aromatic N) is 4. The van der Waals surface area contributed by atoms with Crippen molar-refractivity contribution in [2.45, 2.75) is 19.3 Å². The Labute approximate surface area is 100.0 Å². The van der Waals surface area contributed by atoms with Crippen LogP contribution < -0.4 is 0 Å². The van der Waals surface area contributed by atoms with E-state index in [4.69, 9.17) is 5.26 Å². The number of hydrogen-bond donors (Lipinski definition) is 0. The molecular formula is C13H12N4. The van der Waals surface area contributed by atoms with Crippen LogP contribution >= 0.6 is 0 Å². The first kappa shape index (κ1) is 11.2. The van der Waals surface area contributed by atoms with Gasteiger partial charge in [0.2, 0.25) is 0 Å². The quantitative estimate of drug-likeness (QED) is 0.803. The average Bonchev–Trinajstić information content (AvgIpc) is 2.42. The lowest BCUT2D eigenvalue weighted by Gasteiger charge is -2.06. The van der Waals surface area contributed by atoms with Gasteiger partial charge in [-0.1, -0.05) is 6.92 Å². The van der Waals surface area contributed by atoms with Crippen LogP contribution in [0.25, 0.3) is 11.3 Å². The summed E-state index contributed by atoms with van der Waals surface area (Å²) < 4.78 is 0. The Bertz CT molecular complexity index is 531. The molecule has 0 amide bonds. The first-order chi connectivity index (χ1) is 8.35. The maximum Gasteiger partial charge on any atom is 0.146 e. The normalized spacial score (nSPS) is 11.8. The molecule has 0 spiro atoms. The number of pyridine rings is 1. The Balaban J connectivity index is 2.39. The predicted octanol–water partition coefficient (Wildman–Crippen LogP) is 2.56. The summed E-state index contributed by atoms with van der Waals surface area (Å²) >= 11 is 0.